The third kappa shape index (κ3) is 5.38. The summed E-state index contributed by atoms with van der Waals surface area (Å²) in [6, 6.07) is 9.98. The number of amides is 1. The van der Waals surface area contributed by atoms with Crippen molar-refractivity contribution in [1.82, 2.24) is 14.5 Å². The molecule has 2 heterocycles. The van der Waals surface area contributed by atoms with Gasteiger partial charge in [0.25, 0.3) is 0 Å². The average molecular weight is 493 g/mol. The molecule has 180 valence electrons. The summed E-state index contributed by atoms with van der Waals surface area (Å²) in [5.74, 6) is 0.0798. The van der Waals surface area contributed by atoms with E-state index in [-0.39, 0.29) is 11.6 Å². The number of fused-ring (bicyclic) bond motifs is 1. The van der Waals surface area contributed by atoms with Crippen LogP contribution in [0.25, 0.3) is 16.7 Å². The monoisotopic (exact) mass is 492 g/mol. The van der Waals surface area contributed by atoms with E-state index in [1.165, 1.54) is 30.7 Å². The zero-order valence-electron chi connectivity index (χ0n) is 19.8. The summed E-state index contributed by atoms with van der Waals surface area (Å²) in [4.78, 5) is 20.7. The molecule has 4 aromatic rings. The summed E-state index contributed by atoms with van der Waals surface area (Å²) in [6.07, 6.45) is 7.77. The standard InChI is InChI=1S/C25H25FN6O2S/c1-6-23(33)28-17-8-10-22-19(11-17)16(3)14-32(22)24-15(2)13-27-25(30-24)29-18-7-9-21(20(26)12-18)31-35(4,5)34/h6-14H,1H2,2-5H3,(H,28,33)(H,27,29,30). The predicted octanol–water partition coefficient (Wildman–Crippen LogP) is 5.40. The fraction of sp³-hybridized carbons (Fsp3) is 0.160. The summed E-state index contributed by atoms with van der Waals surface area (Å²) < 4.78 is 32.2. The van der Waals surface area contributed by atoms with Gasteiger partial charge in [-0.25, -0.2) is 13.6 Å². The minimum absolute atomic E-state index is 0.0361. The fourth-order valence-corrected chi connectivity index (χ4v) is 4.22. The van der Waals surface area contributed by atoms with Crippen LogP contribution in [0.5, 0.6) is 0 Å². The molecule has 0 saturated carbocycles. The zero-order valence-corrected chi connectivity index (χ0v) is 20.6. The Bertz CT molecular complexity index is 1590. The molecule has 0 saturated heterocycles. The van der Waals surface area contributed by atoms with Crippen LogP contribution in [0.1, 0.15) is 11.1 Å². The van der Waals surface area contributed by atoms with Crippen molar-refractivity contribution in [2.24, 2.45) is 4.36 Å². The van der Waals surface area contributed by atoms with Crippen molar-refractivity contribution in [3.05, 3.63) is 78.4 Å². The summed E-state index contributed by atoms with van der Waals surface area (Å²) in [5.41, 5.74) is 3.90. The molecule has 2 aromatic heterocycles. The normalized spacial score (nSPS) is 11.3. The van der Waals surface area contributed by atoms with Crippen molar-refractivity contribution in [3.8, 4) is 5.82 Å². The van der Waals surface area contributed by atoms with E-state index in [2.05, 4.69) is 31.5 Å². The van der Waals surface area contributed by atoms with Crippen LogP contribution in [-0.4, -0.2) is 37.2 Å². The Morgan fingerprint density at radius 3 is 2.57 bits per heavy atom. The Morgan fingerprint density at radius 2 is 1.89 bits per heavy atom. The molecule has 0 aliphatic rings. The van der Waals surface area contributed by atoms with Crippen molar-refractivity contribution in [2.75, 3.05) is 23.1 Å². The molecular formula is C25H25FN6O2S. The van der Waals surface area contributed by atoms with Gasteiger partial charge in [0, 0.05) is 57.0 Å². The first kappa shape index (κ1) is 24.1. The molecule has 1 amide bonds. The molecule has 0 unspecified atom stereocenters. The number of anilines is 3. The molecule has 0 radical (unpaired) electrons. The van der Waals surface area contributed by atoms with Crippen LogP contribution in [0.15, 0.2) is 65.8 Å². The number of aromatic nitrogens is 3. The van der Waals surface area contributed by atoms with Gasteiger partial charge in [0.1, 0.15) is 11.5 Å². The minimum Gasteiger partial charge on any atom is -0.324 e. The lowest BCUT2D eigenvalue weighted by molar-refractivity contribution is -0.111. The summed E-state index contributed by atoms with van der Waals surface area (Å²) in [7, 11) is -2.48. The first-order valence-electron chi connectivity index (χ1n) is 10.7. The molecule has 35 heavy (non-hydrogen) atoms. The highest BCUT2D eigenvalue weighted by molar-refractivity contribution is 7.92. The fourth-order valence-electron chi connectivity index (χ4n) is 3.60. The van der Waals surface area contributed by atoms with Crippen molar-refractivity contribution in [3.63, 3.8) is 0 Å². The number of halogens is 1. The molecule has 0 atom stereocenters. The smallest absolute Gasteiger partial charge is 0.247 e. The van der Waals surface area contributed by atoms with E-state index in [1.54, 1.807) is 12.3 Å². The molecule has 0 bridgehead atoms. The molecule has 8 nitrogen and oxygen atoms in total. The van der Waals surface area contributed by atoms with Crippen molar-refractivity contribution in [1.29, 1.82) is 0 Å². The second-order valence-electron chi connectivity index (χ2n) is 8.37. The van der Waals surface area contributed by atoms with Gasteiger partial charge in [-0.15, -0.1) is 0 Å². The molecular weight excluding hydrogens is 467 g/mol. The van der Waals surface area contributed by atoms with Gasteiger partial charge >= 0.3 is 0 Å². The third-order valence-electron chi connectivity index (χ3n) is 5.15. The number of nitrogens with one attached hydrogen (secondary N) is 2. The highest BCUT2D eigenvalue weighted by atomic mass is 32.2. The van der Waals surface area contributed by atoms with Gasteiger partial charge in [-0.2, -0.15) is 9.35 Å². The number of rotatable bonds is 6. The quantitative estimate of drug-likeness (QED) is 0.351. The third-order valence-corrected chi connectivity index (χ3v) is 5.79. The number of hydrogen-bond acceptors (Lipinski definition) is 6. The summed E-state index contributed by atoms with van der Waals surface area (Å²) >= 11 is 0. The number of carbonyl (C=O) groups is 1. The second-order valence-corrected chi connectivity index (χ2v) is 10.9. The van der Waals surface area contributed by atoms with Crippen molar-refractivity contribution < 1.29 is 13.4 Å². The van der Waals surface area contributed by atoms with Crippen LogP contribution in [0.3, 0.4) is 0 Å². The van der Waals surface area contributed by atoms with E-state index in [1.807, 2.05) is 42.8 Å². The van der Waals surface area contributed by atoms with E-state index in [0.29, 0.717) is 23.1 Å². The maximum Gasteiger partial charge on any atom is 0.247 e. The van der Waals surface area contributed by atoms with Crippen LogP contribution in [0.2, 0.25) is 0 Å². The van der Waals surface area contributed by atoms with E-state index in [0.717, 1.165) is 22.0 Å². The molecule has 0 spiro atoms. The molecule has 2 N–H and O–H groups in total. The first-order chi connectivity index (χ1) is 16.5. The number of benzene rings is 2. The van der Waals surface area contributed by atoms with Crippen LogP contribution in [-0.2, 0) is 14.5 Å². The van der Waals surface area contributed by atoms with Gasteiger partial charge in [-0.05, 0) is 61.9 Å². The lowest BCUT2D eigenvalue weighted by Gasteiger charge is -2.12. The topological polar surface area (TPSA) is 101 Å². The molecule has 10 heteroatoms. The molecule has 2 aromatic carbocycles. The largest absolute Gasteiger partial charge is 0.324 e. The second kappa shape index (κ2) is 9.30. The maximum atomic E-state index is 14.5. The highest BCUT2D eigenvalue weighted by Crippen LogP contribution is 2.29. The van der Waals surface area contributed by atoms with Gasteiger partial charge in [0.15, 0.2) is 5.82 Å². The number of hydrogen-bond donors (Lipinski definition) is 2. The lowest BCUT2D eigenvalue weighted by atomic mass is 10.1. The van der Waals surface area contributed by atoms with E-state index in [4.69, 9.17) is 0 Å². The Hall–Kier alpha value is -4.05. The van der Waals surface area contributed by atoms with Crippen LogP contribution < -0.4 is 10.6 Å². The number of carbonyl (C=O) groups excluding carboxylic acids is 1. The van der Waals surface area contributed by atoms with Crippen LogP contribution in [0, 0.1) is 19.7 Å². The van der Waals surface area contributed by atoms with E-state index in [9.17, 15) is 13.4 Å². The van der Waals surface area contributed by atoms with Gasteiger partial charge in [0.2, 0.25) is 11.9 Å². The maximum absolute atomic E-state index is 14.5. The van der Waals surface area contributed by atoms with Gasteiger partial charge < -0.3 is 15.2 Å². The van der Waals surface area contributed by atoms with Gasteiger partial charge in [-0.1, -0.05) is 6.58 Å². The van der Waals surface area contributed by atoms with Crippen LogP contribution in [0.4, 0.5) is 27.4 Å². The Balaban J connectivity index is 1.69. The average Bonchev–Trinajstić information content (AvgIpc) is 3.12. The first-order valence-corrected chi connectivity index (χ1v) is 13.0. The zero-order chi connectivity index (χ0) is 25.3. The Kier molecular flexibility index (Phi) is 6.40. The molecule has 0 fully saturated rings. The Labute approximate surface area is 203 Å². The summed E-state index contributed by atoms with van der Waals surface area (Å²) in [6.45, 7) is 7.36. The van der Waals surface area contributed by atoms with Crippen LogP contribution >= 0.6 is 0 Å². The Morgan fingerprint density at radius 1 is 1.14 bits per heavy atom. The van der Waals surface area contributed by atoms with E-state index < -0.39 is 15.5 Å². The highest BCUT2D eigenvalue weighted by Gasteiger charge is 2.14. The molecule has 0 aliphatic carbocycles. The van der Waals surface area contributed by atoms with Crippen molar-refractivity contribution >= 4 is 49.5 Å². The predicted molar refractivity (Wildman–Crippen MR) is 139 cm³/mol. The minimum atomic E-state index is -2.48. The van der Waals surface area contributed by atoms with E-state index >= 15 is 0 Å². The summed E-state index contributed by atoms with van der Waals surface area (Å²) in [5, 5.41) is 6.75. The SMILES string of the molecule is C=CC(=O)Nc1ccc2c(c1)c(C)cn2-c1nc(Nc2ccc(N=S(C)(C)=O)c(F)c2)ncc1C. The van der Waals surface area contributed by atoms with Crippen molar-refractivity contribution in [2.45, 2.75) is 13.8 Å². The van der Waals surface area contributed by atoms with Gasteiger partial charge in [-0.3, -0.25) is 4.79 Å². The molecule has 0 aliphatic heterocycles. The number of aryl methyl sites for hydroxylation is 2. The number of nitrogens with zero attached hydrogens (tertiary/aromatic N) is 4. The molecule has 4 rings (SSSR count). The lowest BCUT2D eigenvalue weighted by Crippen LogP contribution is -2.07. The van der Waals surface area contributed by atoms with Gasteiger partial charge in [0.05, 0.1) is 5.52 Å².